The van der Waals surface area contributed by atoms with Crippen molar-refractivity contribution >= 4 is 38.1 Å². The third kappa shape index (κ3) is 3.24. The molecule has 2 aliphatic carbocycles. The zero-order valence-electron chi connectivity index (χ0n) is 26.4. The molecule has 0 aliphatic heterocycles. The van der Waals surface area contributed by atoms with Gasteiger partial charge < -0.3 is 4.40 Å². The summed E-state index contributed by atoms with van der Waals surface area (Å²) in [5.74, 6) is 0. The van der Waals surface area contributed by atoms with Crippen molar-refractivity contribution in [2.75, 3.05) is 0 Å². The zero-order valence-corrected chi connectivity index (χ0v) is 26.4. The fourth-order valence-electron chi connectivity index (χ4n) is 9.12. The van der Waals surface area contributed by atoms with Crippen LogP contribution < -0.4 is 0 Å². The molecule has 0 radical (unpaired) electrons. The third-order valence-corrected chi connectivity index (χ3v) is 11.4. The number of hydrogen-bond donors (Lipinski definition) is 0. The molecule has 7 aromatic carbocycles. The molecule has 0 N–H and O–H groups in total. The summed E-state index contributed by atoms with van der Waals surface area (Å²) in [4.78, 5) is 0. The molecule has 0 saturated heterocycles. The summed E-state index contributed by atoms with van der Waals surface area (Å²) in [6.07, 6.45) is 1.00. The Bertz CT molecular complexity index is 2790. The summed E-state index contributed by atoms with van der Waals surface area (Å²) >= 11 is 0. The lowest BCUT2D eigenvalue weighted by molar-refractivity contribution is 0.661. The van der Waals surface area contributed by atoms with Crippen molar-refractivity contribution < 1.29 is 0 Å². The molecule has 47 heavy (non-hydrogen) atoms. The van der Waals surface area contributed by atoms with Crippen LogP contribution in [0, 0.1) is 0 Å². The smallest absolute Gasteiger partial charge is 0.0620 e. The Balaban J connectivity index is 1.04. The van der Waals surface area contributed by atoms with Crippen molar-refractivity contribution in [1.82, 2.24) is 4.40 Å². The fraction of sp³-hybridized carbons (Fsp3) is 0.0870. The van der Waals surface area contributed by atoms with Gasteiger partial charge in [-0.05, 0) is 97.4 Å². The Labute approximate surface area is 273 Å². The van der Waals surface area contributed by atoms with Crippen molar-refractivity contribution in [2.45, 2.75) is 25.7 Å². The molecule has 1 heteroatoms. The van der Waals surface area contributed by atoms with E-state index in [1.807, 2.05) is 0 Å². The first kappa shape index (κ1) is 25.5. The van der Waals surface area contributed by atoms with Crippen LogP contribution in [-0.4, -0.2) is 4.40 Å². The van der Waals surface area contributed by atoms with E-state index in [0.717, 1.165) is 6.42 Å². The number of benzene rings is 7. The van der Waals surface area contributed by atoms with Crippen LogP contribution in [0.5, 0.6) is 0 Å². The third-order valence-electron chi connectivity index (χ3n) is 11.4. The van der Waals surface area contributed by atoms with Gasteiger partial charge in [0.05, 0.1) is 16.6 Å². The Kier molecular flexibility index (Phi) is 4.77. The van der Waals surface area contributed by atoms with E-state index in [2.05, 4.69) is 158 Å². The molecule has 0 saturated carbocycles. The Hall–Kier alpha value is -5.66. The van der Waals surface area contributed by atoms with Gasteiger partial charge in [-0.2, -0.15) is 0 Å². The largest absolute Gasteiger partial charge is 0.308 e. The zero-order chi connectivity index (χ0) is 31.0. The van der Waals surface area contributed by atoms with Gasteiger partial charge in [0, 0.05) is 27.0 Å². The van der Waals surface area contributed by atoms with Gasteiger partial charge in [0.15, 0.2) is 0 Å². The molecular formula is C46H31N. The number of para-hydroxylation sites is 2. The molecule has 0 bridgehead atoms. The molecule has 11 rings (SSSR count). The standard InChI is InChI=1S/C46H31N/c1-46(2)41-24-27(28-18-22-37-39-15-8-14-38-36-11-5-6-16-43(36)47(45(38)39)44(37)26-28)17-20-34(41)35-21-19-30(25-42(35)46)32-12-7-13-33-31-10-4-3-9-29(31)23-40(32)33/h3-22,24-26H,23H2,1-2H3. The molecule has 2 heterocycles. The van der Waals surface area contributed by atoms with Crippen LogP contribution in [0.25, 0.3) is 82.6 Å². The first-order valence-corrected chi connectivity index (χ1v) is 16.7. The Morgan fingerprint density at radius 2 is 1.04 bits per heavy atom. The quantitative estimate of drug-likeness (QED) is 0.187. The van der Waals surface area contributed by atoms with Crippen molar-refractivity contribution in [3.05, 3.63) is 162 Å². The van der Waals surface area contributed by atoms with Crippen molar-refractivity contribution in [3.8, 4) is 44.5 Å². The summed E-state index contributed by atoms with van der Waals surface area (Å²) in [5, 5.41) is 5.30. The number of aromatic nitrogens is 1. The van der Waals surface area contributed by atoms with E-state index in [9.17, 15) is 0 Å². The highest BCUT2D eigenvalue weighted by Gasteiger charge is 2.36. The van der Waals surface area contributed by atoms with E-state index in [4.69, 9.17) is 0 Å². The van der Waals surface area contributed by atoms with Crippen LogP contribution in [0.2, 0.25) is 0 Å². The maximum atomic E-state index is 2.48. The summed E-state index contributed by atoms with van der Waals surface area (Å²) in [5.41, 5.74) is 20.2. The molecular weight excluding hydrogens is 567 g/mol. The highest BCUT2D eigenvalue weighted by molar-refractivity contribution is 6.23. The molecule has 0 unspecified atom stereocenters. The molecule has 9 aromatic rings. The molecule has 0 amide bonds. The SMILES string of the molecule is CC1(C)c2cc(-c3ccc4c5cccc6c7ccccc7n(c4c3)c65)ccc2-c2ccc(-c3cccc4c3Cc3ccccc3-4)cc21. The van der Waals surface area contributed by atoms with Crippen molar-refractivity contribution in [2.24, 2.45) is 0 Å². The molecule has 1 nitrogen and oxygen atoms in total. The predicted molar refractivity (Wildman–Crippen MR) is 198 cm³/mol. The van der Waals surface area contributed by atoms with Gasteiger partial charge in [-0.15, -0.1) is 0 Å². The summed E-state index contributed by atoms with van der Waals surface area (Å²) in [7, 11) is 0. The lowest BCUT2D eigenvalue weighted by Crippen LogP contribution is -2.15. The Morgan fingerprint density at radius 3 is 1.89 bits per heavy atom. The van der Waals surface area contributed by atoms with E-state index in [1.54, 1.807) is 0 Å². The molecule has 2 aliphatic rings. The summed E-state index contributed by atoms with van der Waals surface area (Å²) in [6, 6.07) is 52.6. The number of fused-ring (bicyclic) bond motifs is 12. The van der Waals surface area contributed by atoms with E-state index in [0.29, 0.717) is 0 Å². The van der Waals surface area contributed by atoms with E-state index >= 15 is 0 Å². The topological polar surface area (TPSA) is 4.41 Å². The predicted octanol–water partition coefficient (Wildman–Crippen LogP) is 12.0. The summed E-state index contributed by atoms with van der Waals surface area (Å²) < 4.78 is 2.48. The fourth-order valence-corrected chi connectivity index (χ4v) is 9.12. The minimum absolute atomic E-state index is 0.104. The highest BCUT2D eigenvalue weighted by atomic mass is 14.9. The summed E-state index contributed by atoms with van der Waals surface area (Å²) in [6.45, 7) is 4.80. The van der Waals surface area contributed by atoms with Crippen molar-refractivity contribution in [3.63, 3.8) is 0 Å². The normalized spacial score (nSPS) is 14.3. The first-order valence-electron chi connectivity index (χ1n) is 16.7. The minimum atomic E-state index is -0.104. The van der Waals surface area contributed by atoms with Crippen LogP contribution >= 0.6 is 0 Å². The number of hydrogen-bond acceptors (Lipinski definition) is 0. The van der Waals surface area contributed by atoms with Gasteiger partial charge in [0.2, 0.25) is 0 Å². The van der Waals surface area contributed by atoms with Gasteiger partial charge >= 0.3 is 0 Å². The Morgan fingerprint density at radius 1 is 0.447 bits per heavy atom. The van der Waals surface area contributed by atoms with Crippen LogP contribution in [-0.2, 0) is 11.8 Å². The lowest BCUT2D eigenvalue weighted by Gasteiger charge is -2.23. The van der Waals surface area contributed by atoms with Gasteiger partial charge in [0.25, 0.3) is 0 Å². The van der Waals surface area contributed by atoms with E-state index < -0.39 is 0 Å². The molecule has 0 atom stereocenters. The van der Waals surface area contributed by atoms with Gasteiger partial charge in [-0.25, -0.2) is 0 Å². The van der Waals surface area contributed by atoms with Crippen LogP contribution in [0.1, 0.15) is 36.1 Å². The molecule has 0 spiro atoms. The second-order valence-corrected chi connectivity index (χ2v) is 14.1. The average Bonchev–Trinajstić information content (AvgIpc) is 3.83. The van der Waals surface area contributed by atoms with Gasteiger partial charge in [-0.1, -0.05) is 129 Å². The maximum Gasteiger partial charge on any atom is 0.0620 e. The second kappa shape index (κ2) is 8.78. The minimum Gasteiger partial charge on any atom is -0.308 e. The maximum absolute atomic E-state index is 2.48. The van der Waals surface area contributed by atoms with E-state index in [-0.39, 0.29) is 5.41 Å². The molecule has 220 valence electrons. The van der Waals surface area contributed by atoms with Gasteiger partial charge in [0.1, 0.15) is 0 Å². The van der Waals surface area contributed by atoms with Crippen LogP contribution in [0.4, 0.5) is 0 Å². The van der Waals surface area contributed by atoms with Crippen molar-refractivity contribution in [1.29, 1.82) is 0 Å². The average molecular weight is 598 g/mol. The monoisotopic (exact) mass is 597 g/mol. The second-order valence-electron chi connectivity index (χ2n) is 14.1. The lowest BCUT2D eigenvalue weighted by atomic mass is 9.80. The first-order chi connectivity index (χ1) is 23.1. The van der Waals surface area contributed by atoms with E-state index in [1.165, 1.54) is 105 Å². The molecule has 2 aromatic heterocycles. The molecule has 0 fully saturated rings. The number of nitrogens with zero attached hydrogens (tertiary/aromatic N) is 1. The van der Waals surface area contributed by atoms with Crippen LogP contribution in [0.15, 0.2) is 140 Å². The van der Waals surface area contributed by atoms with Crippen LogP contribution in [0.3, 0.4) is 0 Å². The number of rotatable bonds is 2. The highest BCUT2D eigenvalue weighted by Crippen LogP contribution is 2.52. The van der Waals surface area contributed by atoms with Gasteiger partial charge in [-0.3, -0.25) is 0 Å².